The molecule has 136 valence electrons. The van der Waals surface area contributed by atoms with E-state index in [0.29, 0.717) is 12.5 Å². The number of aliphatic hydroxyl groups is 1. The van der Waals surface area contributed by atoms with Crippen LogP contribution in [0.2, 0.25) is 0 Å². The predicted molar refractivity (Wildman–Crippen MR) is 86.5 cm³/mol. The van der Waals surface area contributed by atoms with Crippen molar-refractivity contribution in [3.63, 3.8) is 0 Å². The summed E-state index contributed by atoms with van der Waals surface area (Å²) in [5.74, 6) is -2.89. The first-order valence-corrected chi connectivity index (χ1v) is 8.09. The fourth-order valence-corrected chi connectivity index (χ4v) is 3.27. The van der Waals surface area contributed by atoms with Crippen LogP contribution in [0.15, 0.2) is 23.6 Å². The van der Waals surface area contributed by atoms with E-state index >= 15 is 0 Å². The Kier molecular flexibility index (Phi) is 5.10. The Morgan fingerprint density at radius 2 is 1.96 bits per heavy atom. The Labute approximate surface area is 145 Å². The van der Waals surface area contributed by atoms with Gasteiger partial charge in [0.2, 0.25) is 5.91 Å². The van der Waals surface area contributed by atoms with Crippen molar-refractivity contribution in [3.05, 3.63) is 34.7 Å². The molecule has 2 unspecified atom stereocenters. The van der Waals surface area contributed by atoms with E-state index in [1.54, 1.807) is 10.7 Å². The average Bonchev–Trinajstić information content (AvgIpc) is 2.85. The number of carboxylic acids is 1. The summed E-state index contributed by atoms with van der Waals surface area (Å²) in [6, 6.07) is 3.09. The number of carboxylic acid groups (broad SMARTS) is 1. The van der Waals surface area contributed by atoms with Crippen molar-refractivity contribution in [2.45, 2.75) is 38.1 Å². The minimum absolute atomic E-state index is 0.291. The van der Waals surface area contributed by atoms with Gasteiger partial charge in [-0.1, -0.05) is 17.7 Å². The third-order valence-corrected chi connectivity index (χ3v) is 4.86. The van der Waals surface area contributed by atoms with Gasteiger partial charge in [-0.2, -0.15) is 13.2 Å². The number of carbonyl (C=O) groups excluding carboxylic acids is 1. The Hall–Kier alpha value is -2.13. The van der Waals surface area contributed by atoms with E-state index in [9.17, 15) is 27.9 Å². The smallest absolute Gasteiger partial charge is 0.419 e. The fraction of sp³-hybridized carbons (Fsp3) is 0.375. The molecule has 0 aliphatic rings. The zero-order valence-corrected chi connectivity index (χ0v) is 14.2. The van der Waals surface area contributed by atoms with Gasteiger partial charge >= 0.3 is 12.1 Å². The van der Waals surface area contributed by atoms with E-state index in [4.69, 9.17) is 5.11 Å². The van der Waals surface area contributed by atoms with E-state index in [0.717, 1.165) is 15.6 Å². The molecule has 2 atom stereocenters. The number of benzene rings is 1. The summed E-state index contributed by atoms with van der Waals surface area (Å²) in [6.45, 7) is 2.18. The van der Waals surface area contributed by atoms with Gasteiger partial charge in [-0.3, -0.25) is 4.79 Å². The quantitative estimate of drug-likeness (QED) is 0.750. The van der Waals surface area contributed by atoms with Gasteiger partial charge in [-0.15, -0.1) is 11.3 Å². The van der Waals surface area contributed by atoms with Crippen molar-refractivity contribution >= 4 is 33.3 Å². The summed E-state index contributed by atoms with van der Waals surface area (Å²) in [5, 5.41) is 22.8. The van der Waals surface area contributed by atoms with Crippen LogP contribution in [0.1, 0.15) is 18.1 Å². The predicted octanol–water partition coefficient (Wildman–Crippen LogP) is 2.63. The highest BCUT2D eigenvalue weighted by Crippen LogP contribution is 2.33. The first-order valence-electron chi connectivity index (χ1n) is 7.21. The molecule has 3 N–H and O–H groups in total. The van der Waals surface area contributed by atoms with E-state index in [1.807, 2.05) is 25.1 Å². The van der Waals surface area contributed by atoms with Crippen LogP contribution in [-0.4, -0.2) is 39.9 Å². The molecule has 2 aromatic rings. The molecular weight excluding hydrogens is 359 g/mol. The molecule has 2 rings (SSSR count). The van der Waals surface area contributed by atoms with Crippen molar-refractivity contribution in [1.82, 2.24) is 5.32 Å². The number of hydrogen-bond donors (Lipinski definition) is 3. The van der Waals surface area contributed by atoms with Crippen LogP contribution >= 0.6 is 11.3 Å². The molecule has 9 heteroatoms. The van der Waals surface area contributed by atoms with Crippen LogP contribution in [0, 0.1) is 6.92 Å². The summed E-state index contributed by atoms with van der Waals surface area (Å²) in [7, 11) is 0. The molecular formula is C16H16F3NO4S. The van der Waals surface area contributed by atoms with Gasteiger partial charge in [0, 0.05) is 4.70 Å². The number of thiophene rings is 1. The molecule has 5 nitrogen and oxygen atoms in total. The van der Waals surface area contributed by atoms with Gasteiger partial charge in [0.15, 0.2) is 11.6 Å². The minimum Gasteiger partial charge on any atom is -0.480 e. The maximum absolute atomic E-state index is 12.9. The number of carbonyl (C=O) groups is 2. The summed E-state index contributed by atoms with van der Waals surface area (Å²) in [4.78, 5) is 23.2. The Morgan fingerprint density at radius 1 is 1.32 bits per heavy atom. The Bertz CT molecular complexity index is 813. The number of aryl methyl sites for hydroxylation is 1. The molecule has 0 aliphatic carbocycles. The Morgan fingerprint density at radius 3 is 2.52 bits per heavy atom. The topological polar surface area (TPSA) is 86.6 Å². The van der Waals surface area contributed by atoms with Crippen LogP contribution in [0.4, 0.5) is 13.2 Å². The Balaban J connectivity index is 2.22. The largest absolute Gasteiger partial charge is 0.480 e. The number of aliphatic carboxylic acids is 1. The van der Waals surface area contributed by atoms with Crippen molar-refractivity contribution in [2.75, 3.05) is 0 Å². The molecule has 0 fully saturated rings. The maximum Gasteiger partial charge on any atom is 0.419 e. The van der Waals surface area contributed by atoms with E-state index in [-0.39, 0.29) is 6.42 Å². The third kappa shape index (κ3) is 3.93. The van der Waals surface area contributed by atoms with E-state index in [1.165, 1.54) is 11.3 Å². The number of hydrogen-bond acceptors (Lipinski definition) is 4. The van der Waals surface area contributed by atoms with Crippen LogP contribution in [0.25, 0.3) is 10.1 Å². The number of halogens is 3. The second-order valence-corrected chi connectivity index (χ2v) is 6.83. The first kappa shape index (κ1) is 19.2. The van der Waals surface area contributed by atoms with Crippen LogP contribution < -0.4 is 5.32 Å². The van der Waals surface area contributed by atoms with E-state index in [2.05, 4.69) is 0 Å². The highest BCUT2D eigenvalue weighted by Gasteiger charge is 2.58. The molecule has 0 saturated carbocycles. The second-order valence-electron chi connectivity index (χ2n) is 5.92. The summed E-state index contributed by atoms with van der Waals surface area (Å²) in [5.41, 5.74) is -2.06. The van der Waals surface area contributed by atoms with Crippen LogP contribution in [0.5, 0.6) is 0 Å². The van der Waals surface area contributed by atoms with Gasteiger partial charge in [0.05, 0.1) is 6.42 Å². The van der Waals surface area contributed by atoms with Crippen molar-refractivity contribution in [3.8, 4) is 0 Å². The van der Waals surface area contributed by atoms with Crippen LogP contribution in [-0.2, 0) is 16.0 Å². The number of amides is 1. The SMILES string of the molecule is Cc1ccc2scc(CC(=O)NC(C(=O)O)C(C)(O)C(F)(F)F)c2c1. The van der Waals surface area contributed by atoms with Gasteiger partial charge in [0.1, 0.15) is 0 Å². The molecule has 0 saturated heterocycles. The number of alkyl halides is 3. The first-order chi connectivity index (χ1) is 11.4. The molecule has 1 amide bonds. The van der Waals surface area contributed by atoms with E-state index < -0.39 is 29.7 Å². The van der Waals surface area contributed by atoms with Crippen molar-refractivity contribution in [2.24, 2.45) is 0 Å². The fourth-order valence-electron chi connectivity index (χ4n) is 2.32. The zero-order valence-electron chi connectivity index (χ0n) is 13.3. The summed E-state index contributed by atoms with van der Waals surface area (Å²) < 4.78 is 39.5. The lowest BCUT2D eigenvalue weighted by atomic mass is 9.95. The zero-order chi connectivity index (χ0) is 19.0. The normalized spacial score (nSPS) is 15.6. The van der Waals surface area contributed by atoms with Crippen molar-refractivity contribution < 1.29 is 33.0 Å². The minimum atomic E-state index is -5.21. The van der Waals surface area contributed by atoms with Crippen LogP contribution in [0.3, 0.4) is 0 Å². The molecule has 0 spiro atoms. The summed E-state index contributed by atoms with van der Waals surface area (Å²) >= 11 is 1.37. The number of rotatable bonds is 5. The van der Waals surface area contributed by atoms with Gasteiger partial charge < -0.3 is 15.5 Å². The molecule has 0 radical (unpaired) electrons. The molecule has 0 bridgehead atoms. The lowest BCUT2D eigenvalue weighted by molar-refractivity contribution is -0.262. The molecule has 1 heterocycles. The number of fused-ring (bicyclic) bond motifs is 1. The van der Waals surface area contributed by atoms with Gasteiger partial charge in [-0.25, -0.2) is 4.79 Å². The number of nitrogens with one attached hydrogen (secondary N) is 1. The monoisotopic (exact) mass is 375 g/mol. The standard InChI is InChI=1S/C16H16F3NO4S/c1-8-3-4-11-10(5-8)9(7-25-11)6-12(21)20-13(14(22)23)15(2,24)16(17,18)19/h3-5,7,13,24H,6H2,1-2H3,(H,20,21)(H,22,23). The summed E-state index contributed by atoms with van der Waals surface area (Å²) in [6.07, 6.45) is -5.50. The highest BCUT2D eigenvalue weighted by molar-refractivity contribution is 7.17. The molecule has 1 aromatic heterocycles. The molecule has 1 aromatic carbocycles. The highest BCUT2D eigenvalue weighted by atomic mass is 32.1. The molecule has 0 aliphatic heterocycles. The second kappa shape index (κ2) is 6.64. The van der Waals surface area contributed by atoms with Crippen molar-refractivity contribution in [1.29, 1.82) is 0 Å². The van der Waals surface area contributed by atoms with Gasteiger partial charge in [0.25, 0.3) is 0 Å². The average molecular weight is 375 g/mol. The lowest BCUT2D eigenvalue weighted by Crippen LogP contribution is -2.62. The third-order valence-electron chi connectivity index (χ3n) is 3.85. The van der Waals surface area contributed by atoms with Gasteiger partial charge in [-0.05, 0) is 36.2 Å². The lowest BCUT2D eigenvalue weighted by Gasteiger charge is -2.32. The molecule has 25 heavy (non-hydrogen) atoms. The maximum atomic E-state index is 12.9.